The molecule has 0 spiro atoms. The van der Waals surface area contributed by atoms with E-state index in [2.05, 4.69) is 0 Å². The second-order valence-electron chi connectivity index (χ2n) is 4.75. The van der Waals surface area contributed by atoms with Crippen molar-refractivity contribution in [2.45, 2.75) is 25.8 Å². The van der Waals surface area contributed by atoms with Crippen molar-refractivity contribution in [2.75, 3.05) is 18.5 Å². The average Bonchev–Trinajstić information content (AvgIpc) is 2.27. The van der Waals surface area contributed by atoms with E-state index in [0.717, 1.165) is 6.54 Å². The SMILES string of the molecule is CN(CC1CCC1)c1ccc(CN)c(F)c1F. The summed E-state index contributed by atoms with van der Waals surface area (Å²) in [6, 6.07) is 3.17. The van der Waals surface area contributed by atoms with Crippen molar-refractivity contribution in [2.24, 2.45) is 11.7 Å². The molecule has 1 aromatic carbocycles. The van der Waals surface area contributed by atoms with Crippen molar-refractivity contribution in [1.82, 2.24) is 0 Å². The normalized spacial score (nSPS) is 15.8. The van der Waals surface area contributed by atoms with Gasteiger partial charge in [0.25, 0.3) is 0 Å². The van der Waals surface area contributed by atoms with Crippen molar-refractivity contribution >= 4 is 5.69 Å². The molecule has 17 heavy (non-hydrogen) atoms. The Morgan fingerprint density at radius 2 is 2.00 bits per heavy atom. The monoisotopic (exact) mass is 240 g/mol. The van der Waals surface area contributed by atoms with E-state index in [1.807, 2.05) is 0 Å². The fourth-order valence-corrected chi connectivity index (χ4v) is 2.19. The molecule has 1 saturated carbocycles. The van der Waals surface area contributed by atoms with Crippen molar-refractivity contribution < 1.29 is 8.78 Å². The summed E-state index contributed by atoms with van der Waals surface area (Å²) in [6.07, 6.45) is 3.63. The molecule has 2 nitrogen and oxygen atoms in total. The lowest BCUT2D eigenvalue weighted by molar-refractivity contribution is 0.320. The Labute approximate surface area is 100 Å². The van der Waals surface area contributed by atoms with Crippen LogP contribution in [0.3, 0.4) is 0 Å². The third kappa shape index (κ3) is 2.41. The quantitative estimate of drug-likeness (QED) is 0.876. The molecule has 0 aromatic heterocycles. The van der Waals surface area contributed by atoms with Gasteiger partial charge in [0.1, 0.15) is 0 Å². The van der Waals surface area contributed by atoms with Gasteiger partial charge in [-0.2, -0.15) is 0 Å². The topological polar surface area (TPSA) is 29.3 Å². The number of nitrogens with zero attached hydrogens (tertiary/aromatic N) is 1. The van der Waals surface area contributed by atoms with Gasteiger partial charge >= 0.3 is 0 Å². The number of halogens is 2. The van der Waals surface area contributed by atoms with Crippen LogP contribution in [-0.4, -0.2) is 13.6 Å². The highest BCUT2D eigenvalue weighted by atomic mass is 19.2. The van der Waals surface area contributed by atoms with Crippen LogP contribution in [0.5, 0.6) is 0 Å². The van der Waals surface area contributed by atoms with Gasteiger partial charge in [0.15, 0.2) is 11.6 Å². The lowest BCUT2D eigenvalue weighted by atomic mass is 9.85. The molecule has 0 bridgehead atoms. The summed E-state index contributed by atoms with van der Waals surface area (Å²) in [5.41, 5.74) is 5.89. The van der Waals surface area contributed by atoms with E-state index >= 15 is 0 Å². The Hall–Kier alpha value is -1.16. The second-order valence-corrected chi connectivity index (χ2v) is 4.75. The van der Waals surface area contributed by atoms with E-state index < -0.39 is 11.6 Å². The molecule has 0 atom stereocenters. The molecule has 0 heterocycles. The molecule has 1 aromatic rings. The first-order valence-corrected chi connectivity index (χ1v) is 6.01. The van der Waals surface area contributed by atoms with Gasteiger partial charge in [-0.1, -0.05) is 12.5 Å². The minimum Gasteiger partial charge on any atom is -0.372 e. The van der Waals surface area contributed by atoms with Gasteiger partial charge in [-0.15, -0.1) is 0 Å². The summed E-state index contributed by atoms with van der Waals surface area (Å²) in [4.78, 5) is 1.79. The first-order chi connectivity index (χ1) is 8.13. The lowest BCUT2D eigenvalue weighted by Gasteiger charge is -2.31. The fourth-order valence-electron chi connectivity index (χ4n) is 2.19. The standard InChI is InChI=1S/C13H18F2N2/c1-17(8-9-3-2-4-9)11-6-5-10(7-16)12(14)13(11)15/h5-6,9H,2-4,7-8,16H2,1H3. The molecule has 0 saturated heterocycles. The summed E-state index contributed by atoms with van der Waals surface area (Å²) < 4.78 is 27.4. The minimum absolute atomic E-state index is 0.0232. The van der Waals surface area contributed by atoms with E-state index in [4.69, 9.17) is 5.73 Å². The predicted octanol–water partition coefficient (Wildman–Crippen LogP) is 2.66. The molecule has 0 aliphatic heterocycles. The number of benzene rings is 1. The number of nitrogens with two attached hydrogens (primary N) is 1. The zero-order valence-corrected chi connectivity index (χ0v) is 10.0. The first kappa shape index (κ1) is 12.3. The molecular formula is C13H18F2N2. The molecule has 2 rings (SSSR count). The number of rotatable bonds is 4. The molecule has 2 N–H and O–H groups in total. The molecule has 0 amide bonds. The summed E-state index contributed by atoms with van der Waals surface area (Å²) in [5.74, 6) is -0.975. The second kappa shape index (κ2) is 5.00. The van der Waals surface area contributed by atoms with Crippen molar-refractivity contribution in [3.8, 4) is 0 Å². The van der Waals surface area contributed by atoms with E-state index in [1.54, 1.807) is 24.1 Å². The fraction of sp³-hybridized carbons (Fsp3) is 0.538. The van der Waals surface area contributed by atoms with Crippen molar-refractivity contribution in [3.63, 3.8) is 0 Å². The number of hydrogen-bond donors (Lipinski definition) is 1. The lowest BCUT2D eigenvalue weighted by Crippen LogP contribution is -2.30. The highest BCUT2D eigenvalue weighted by Gasteiger charge is 2.22. The van der Waals surface area contributed by atoms with Gasteiger partial charge in [-0.05, 0) is 24.8 Å². The third-order valence-electron chi connectivity index (χ3n) is 3.53. The molecular weight excluding hydrogens is 222 g/mol. The van der Waals surface area contributed by atoms with Crippen LogP contribution in [0.25, 0.3) is 0 Å². The van der Waals surface area contributed by atoms with Crippen LogP contribution in [0.15, 0.2) is 12.1 Å². The first-order valence-electron chi connectivity index (χ1n) is 6.01. The van der Waals surface area contributed by atoms with Crippen LogP contribution in [0.2, 0.25) is 0 Å². The Kier molecular flexibility index (Phi) is 3.62. The van der Waals surface area contributed by atoms with Crippen LogP contribution in [0.1, 0.15) is 24.8 Å². The maximum absolute atomic E-state index is 13.8. The predicted molar refractivity (Wildman–Crippen MR) is 64.9 cm³/mol. The Morgan fingerprint density at radius 3 is 2.53 bits per heavy atom. The zero-order valence-electron chi connectivity index (χ0n) is 10.0. The largest absolute Gasteiger partial charge is 0.372 e. The molecule has 1 fully saturated rings. The van der Waals surface area contributed by atoms with Gasteiger partial charge in [-0.25, -0.2) is 8.78 Å². The summed E-state index contributed by atoms with van der Waals surface area (Å²) in [7, 11) is 1.80. The Balaban J connectivity index is 2.16. The van der Waals surface area contributed by atoms with Gasteiger partial charge < -0.3 is 10.6 Å². The summed E-state index contributed by atoms with van der Waals surface area (Å²) >= 11 is 0. The molecule has 1 aliphatic rings. The average molecular weight is 240 g/mol. The zero-order chi connectivity index (χ0) is 12.4. The molecule has 0 radical (unpaired) electrons. The van der Waals surface area contributed by atoms with Crippen molar-refractivity contribution in [1.29, 1.82) is 0 Å². The summed E-state index contributed by atoms with van der Waals surface area (Å²) in [6.45, 7) is 0.813. The molecule has 94 valence electrons. The van der Waals surface area contributed by atoms with E-state index in [9.17, 15) is 8.78 Å². The van der Waals surface area contributed by atoms with Gasteiger partial charge in [-0.3, -0.25) is 0 Å². The van der Waals surface area contributed by atoms with Crippen LogP contribution in [0, 0.1) is 17.6 Å². The third-order valence-corrected chi connectivity index (χ3v) is 3.53. The maximum Gasteiger partial charge on any atom is 0.182 e. The minimum atomic E-state index is -0.814. The molecule has 1 aliphatic carbocycles. The van der Waals surface area contributed by atoms with Crippen LogP contribution in [-0.2, 0) is 6.54 Å². The highest BCUT2D eigenvalue weighted by molar-refractivity contribution is 5.49. The van der Waals surface area contributed by atoms with Crippen molar-refractivity contribution in [3.05, 3.63) is 29.3 Å². The van der Waals surface area contributed by atoms with Gasteiger partial charge in [0.05, 0.1) is 5.69 Å². The smallest absolute Gasteiger partial charge is 0.182 e. The van der Waals surface area contributed by atoms with E-state index in [-0.39, 0.29) is 12.1 Å². The summed E-state index contributed by atoms with van der Waals surface area (Å²) in [5, 5.41) is 0. The van der Waals surface area contributed by atoms with Crippen LogP contribution >= 0.6 is 0 Å². The number of anilines is 1. The highest BCUT2D eigenvalue weighted by Crippen LogP contribution is 2.30. The van der Waals surface area contributed by atoms with Crippen LogP contribution < -0.4 is 10.6 Å². The van der Waals surface area contributed by atoms with Gasteiger partial charge in [0.2, 0.25) is 0 Å². The molecule has 4 heteroatoms. The van der Waals surface area contributed by atoms with Crippen LogP contribution in [0.4, 0.5) is 14.5 Å². The Bertz CT molecular complexity index is 403. The Morgan fingerprint density at radius 1 is 1.29 bits per heavy atom. The number of hydrogen-bond acceptors (Lipinski definition) is 2. The van der Waals surface area contributed by atoms with E-state index in [0.29, 0.717) is 11.6 Å². The van der Waals surface area contributed by atoms with Gasteiger partial charge in [0, 0.05) is 25.7 Å². The molecule has 0 unspecified atom stereocenters. The maximum atomic E-state index is 13.8. The van der Waals surface area contributed by atoms with E-state index in [1.165, 1.54) is 19.3 Å².